The lowest BCUT2D eigenvalue weighted by Gasteiger charge is -2.21. The van der Waals surface area contributed by atoms with Gasteiger partial charge in [0, 0.05) is 12.5 Å². The summed E-state index contributed by atoms with van der Waals surface area (Å²) >= 11 is 0. The third-order valence-electron chi connectivity index (χ3n) is 2.42. The molecule has 0 aliphatic carbocycles. The second-order valence-corrected chi connectivity index (χ2v) is 3.36. The quantitative estimate of drug-likeness (QED) is 0.698. The van der Waals surface area contributed by atoms with Gasteiger partial charge in [-0.3, -0.25) is 0 Å². The van der Waals surface area contributed by atoms with Crippen molar-refractivity contribution in [2.45, 2.75) is 32.2 Å². The first-order valence-corrected chi connectivity index (χ1v) is 4.37. The van der Waals surface area contributed by atoms with Crippen LogP contribution < -0.4 is 0 Å². The number of carboxylic acid groups (broad SMARTS) is 1. The fourth-order valence-electron chi connectivity index (χ4n) is 1.79. The standard InChI is InChI=1S/C8H11N3O2/c1-5-3-2-4-6-9-10-7(8(12)13)11(5)6/h5H,2-4H2,1H3,(H,12,13). The van der Waals surface area contributed by atoms with Crippen LogP contribution >= 0.6 is 0 Å². The molecule has 0 aromatic carbocycles. The molecule has 0 fully saturated rings. The van der Waals surface area contributed by atoms with Crippen molar-refractivity contribution in [1.82, 2.24) is 14.8 Å². The third-order valence-corrected chi connectivity index (χ3v) is 2.42. The number of aromatic carboxylic acids is 1. The molecule has 0 radical (unpaired) electrons. The van der Waals surface area contributed by atoms with Crippen molar-refractivity contribution in [2.24, 2.45) is 0 Å². The van der Waals surface area contributed by atoms with Crippen LogP contribution in [0.25, 0.3) is 0 Å². The zero-order chi connectivity index (χ0) is 9.42. The fraction of sp³-hybridized carbons (Fsp3) is 0.625. The van der Waals surface area contributed by atoms with Gasteiger partial charge in [0.15, 0.2) is 0 Å². The second kappa shape index (κ2) is 2.83. The highest BCUT2D eigenvalue weighted by Gasteiger charge is 2.24. The fourth-order valence-corrected chi connectivity index (χ4v) is 1.79. The van der Waals surface area contributed by atoms with E-state index in [0.717, 1.165) is 25.1 Å². The van der Waals surface area contributed by atoms with Crippen molar-refractivity contribution in [3.05, 3.63) is 11.6 Å². The van der Waals surface area contributed by atoms with Gasteiger partial charge in [-0.15, -0.1) is 10.2 Å². The Hall–Kier alpha value is -1.39. The van der Waals surface area contributed by atoms with E-state index in [9.17, 15) is 4.79 Å². The summed E-state index contributed by atoms with van der Waals surface area (Å²) in [6.45, 7) is 2.00. The van der Waals surface area contributed by atoms with Crippen LogP contribution in [0.1, 0.15) is 42.3 Å². The summed E-state index contributed by atoms with van der Waals surface area (Å²) in [5, 5.41) is 16.3. The Morgan fingerprint density at radius 1 is 1.62 bits per heavy atom. The topological polar surface area (TPSA) is 68.0 Å². The van der Waals surface area contributed by atoms with Crippen molar-refractivity contribution in [1.29, 1.82) is 0 Å². The number of fused-ring (bicyclic) bond motifs is 1. The Labute approximate surface area is 75.4 Å². The lowest BCUT2D eigenvalue weighted by atomic mass is 10.1. The van der Waals surface area contributed by atoms with Gasteiger partial charge < -0.3 is 9.67 Å². The van der Waals surface area contributed by atoms with Crippen molar-refractivity contribution in [2.75, 3.05) is 0 Å². The molecule has 5 heteroatoms. The minimum Gasteiger partial charge on any atom is -0.475 e. The highest BCUT2D eigenvalue weighted by molar-refractivity contribution is 5.83. The van der Waals surface area contributed by atoms with Gasteiger partial charge in [-0.1, -0.05) is 0 Å². The molecule has 0 amide bonds. The summed E-state index contributed by atoms with van der Waals surface area (Å²) in [6, 6.07) is 0.213. The molecule has 1 atom stereocenters. The molecule has 0 spiro atoms. The average molecular weight is 181 g/mol. The first-order valence-electron chi connectivity index (χ1n) is 4.37. The summed E-state index contributed by atoms with van der Waals surface area (Å²) in [7, 11) is 0. The minimum absolute atomic E-state index is 0.0715. The van der Waals surface area contributed by atoms with Crippen LogP contribution in [0.5, 0.6) is 0 Å². The van der Waals surface area contributed by atoms with Gasteiger partial charge >= 0.3 is 5.97 Å². The number of rotatable bonds is 1. The van der Waals surface area contributed by atoms with E-state index < -0.39 is 5.97 Å². The van der Waals surface area contributed by atoms with E-state index in [1.807, 2.05) is 6.92 Å². The molecule has 1 aromatic heterocycles. The van der Waals surface area contributed by atoms with Gasteiger partial charge in [0.05, 0.1) is 0 Å². The first-order chi connectivity index (χ1) is 6.20. The highest BCUT2D eigenvalue weighted by atomic mass is 16.4. The summed E-state index contributed by atoms with van der Waals surface area (Å²) < 4.78 is 1.73. The summed E-state index contributed by atoms with van der Waals surface area (Å²) in [5.41, 5.74) is 0. The molecular weight excluding hydrogens is 170 g/mol. The Bertz CT molecular complexity index is 345. The number of aryl methyl sites for hydroxylation is 1. The van der Waals surface area contributed by atoms with Crippen LogP contribution in [0.15, 0.2) is 0 Å². The lowest BCUT2D eigenvalue weighted by Crippen LogP contribution is -2.19. The predicted molar refractivity (Wildman–Crippen MR) is 44.6 cm³/mol. The van der Waals surface area contributed by atoms with Crippen LogP contribution in [0, 0.1) is 0 Å². The van der Waals surface area contributed by atoms with Gasteiger partial charge in [0.2, 0.25) is 5.82 Å². The SMILES string of the molecule is CC1CCCc2nnc(C(=O)O)n21. The zero-order valence-electron chi connectivity index (χ0n) is 7.40. The molecule has 70 valence electrons. The number of nitrogens with zero attached hydrogens (tertiary/aromatic N) is 3. The monoisotopic (exact) mass is 181 g/mol. The molecule has 1 aliphatic heterocycles. The van der Waals surface area contributed by atoms with Gasteiger partial charge in [-0.2, -0.15) is 0 Å². The van der Waals surface area contributed by atoms with Crippen LogP contribution in [0.3, 0.4) is 0 Å². The van der Waals surface area contributed by atoms with Gasteiger partial charge in [-0.25, -0.2) is 4.79 Å². The van der Waals surface area contributed by atoms with E-state index in [1.54, 1.807) is 4.57 Å². The highest BCUT2D eigenvalue weighted by Crippen LogP contribution is 2.24. The smallest absolute Gasteiger partial charge is 0.374 e. The second-order valence-electron chi connectivity index (χ2n) is 3.36. The Morgan fingerprint density at radius 2 is 2.38 bits per heavy atom. The summed E-state index contributed by atoms with van der Waals surface area (Å²) in [5.74, 6) is -0.120. The van der Waals surface area contributed by atoms with Crippen molar-refractivity contribution in [3.63, 3.8) is 0 Å². The largest absolute Gasteiger partial charge is 0.475 e. The molecular formula is C8H11N3O2. The number of hydrogen-bond acceptors (Lipinski definition) is 3. The number of carboxylic acids is 1. The van der Waals surface area contributed by atoms with Crippen LogP contribution in [0.2, 0.25) is 0 Å². The first kappa shape index (κ1) is 8.22. The van der Waals surface area contributed by atoms with Crippen LogP contribution in [0.4, 0.5) is 0 Å². The van der Waals surface area contributed by atoms with E-state index in [2.05, 4.69) is 10.2 Å². The molecule has 1 aromatic rings. The van der Waals surface area contributed by atoms with E-state index in [-0.39, 0.29) is 11.9 Å². The average Bonchev–Trinajstić information content (AvgIpc) is 2.49. The molecule has 1 N–H and O–H groups in total. The lowest BCUT2D eigenvalue weighted by molar-refractivity contribution is 0.0673. The van der Waals surface area contributed by atoms with E-state index in [4.69, 9.17) is 5.11 Å². The molecule has 0 bridgehead atoms. The Balaban J connectivity index is 2.50. The predicted octanol–water partition coefficient (Wildman–Crippen LogP) is 0.874. The molecule has 0 saturated heterocycles. The van der Waals surface area contributed by atoms with Crippen LogP contribution in [-0.2, 0) is 6.42 Å². The van der Waals surface area contributed by atoms with Crippen molar-refractivity contribution >= 4 is 5.97 Å². The normalized spacial score (nSPS) is 21.2. The van der Waals surface area contributed by atoms with E-state index in [1.165, 1.54) is 0 Å². The zero-order valence-corrected chi connectivity index (χ0v) is 7.40. The molecule has 1 aliphatic rings. The van der Waals surface area contributed by atoms with Gasteiger partial charge in [0.1, 0.15) is 5.82 Å². The minimum atomic E-state index is -0.993. The molecule has 2 heterocycles. The molecule has 1 unspecified atom stereocenters. The summed E-state index contributed by atoms with van der Waals surface area (Å²) in [6.07, 6.45) is 2.91. The van der Waals surface area contributed by atoms with Crippen molar-refractivity contribution in [3.8, 4) is 0 Å². The summed E-state index contributed by atoms with van der Waals surface area (Å²) in [4.78, 5) is 10.8. The maximum absolute atomic E-state index is 10.8. The molecule has 5 nitrogen and oxygen atoms in total. The Morgan fingerprint density at radius 3 is 3.08 bits per heavy atom. The molecule has 2 rings (SSSR count). The van der Waals surface area contributed by atoms with E-state index in [0.29, 0.717) is 0 Å². The number of aromatic nitrogens is 3. The Kier molecular flexibility index (Phi) is 1.79. The van der Waals surface area contributed by atoms with E-state index >= 15 is 0 Å². The maximum Gasteiger partial charge on any atom is 0.374 e. The molecule has 13 heavy (non-hydrogen) atoms. The van der Waals surface area contributed by atoms with Crippen LogP contribution in [-0.4, -0.2) is 25.8 Å². The van der Waals surface area contributed by atoms with Gasteiger partial charge in [0.25, 0.3) is 0 Å². The number of carbonyl (C=O) groups is 1. The van der Waals surface area contributed by atoms with Gasteiger partial charge in [-0.05, 0) is 19.8 Å². The molecule has 0 saturated carbocycles. The maximum atomic E-state index is 10.8. The van der Waals surface area contributed by atoms with Crippen molar-refractivity contribution < 1.29 is 9.90 Å². The third kappa shape index (κ3) is 1.20. The number of hydrogen-bond donors (Lipinski definition) is 1.